The van der Waals surface area contributed by atoms with Crippen LogP contribution in [0.1, 0.15) is 25.7 Å². The molecule has 4 nitrogen and oxygen atoms in total. The number of likely N-dealkylation sites (tertiary alicyclic amines) is 4. The highest BCUT2D eigenvalue weighted by atomic mass is 15.3. The summed E-state index contributed by atoms with van der Waals surface area (Å²) in [6, 6.07) is 0. The van der Waals surface area contributed by atoms with Crippen LogP contribution in [-0.4, -0.2) is 99.1 Å². The molecule has 4 saturated heterocycles. The van der Waals surface area contributed by atoms with Crippen LogP contribution in [0.2, 0.25) is 0 Å². The topological polar surface area (TPSA) is 13.0 Å². The van der Waals surface area contributed by atoms with Crippen LogP contribution in [-0.2, 0) is 0 Å². The van der Waals surface area contributed by atoms with Crippen molar-refractivity contribution in [2.45, 2.75) is 25.7 Å². The number of hydrogen-bond acceptors (Lipinski definition) is 4. The van der Waals surface area contributed by atoms with E-state index in [9.17, 15) is 0 Å². The standard InChI is InChI=1S/C19H36N4/c1-20-7-3-17(4-8-20)11-22-9-5-18(6-10-22)12-23-15-19(16-23)13-21(2)14-19/h17-18H,3-16H2,1-2H3. The SMILES string of the molecule is CN1CCC(CN2CCC(CN3CC4(CN(C)C4)C3)CC2)CC1. The molecule has 4 fully saturated rings. The maximum absolute atomic E-state index is 2.77. The Morgan fingerprint density at radius 3 is 1.74 bits per heavy atom. The lowest BCUT2D eigenvalue weighted by Crippen LogP contribution is -2.71. The highest BCUT2D eigenvalue weighted by Crippen LogP contribution is 2.39. The summed E-state index contributed by atoms with van der Waals surface area (Å²) in [5, 5.41) is 0. The molecule has 23 heavy (non-hydrogen) atoms. The average Bonchev–Trinajstić information content (AvgIpc) is 2.48. The van der Waals surface area contributed by atoms with Gasteiger partial charge in [0.25, 0.3) is 0 Å². The van der Waals surface area contributed by atoms with Gasteiger partial charge in [0.05, 0.1) is 0 Å². The lowest BCUT2D eigenvalue weighted by molar-refractivity contribution is -0.110. The van der Waals surface area contributed by atoms with Gasteiger partial charge in [-0.1, -0.05) is 0 Å². The van der Waals surface area contributed by atoms with Gasteiger partial charge in [-0.15, -0.1) is 0 Å². The zero-order valence-corrected chi connectivity index (χ0v) is 15.3. The van der Waals surface area contributed by atoms with Gasteiger partial charge in [0.2, 0.25) is 0 Å². The second kappa shape index (κ2) is 6.62. The highest BCUT2D eigenvalue weighted by molar-refractivity contribution is 5.04. The molecule has 0 aromatic heterocycles. The van der Waals surface area contributed by atoms with Crippen molar-refractivity contribution >= 4 is 0 Å². The van der Waals surface area contributed by atoms with E-state index in [2.05, 4.69) is 33.7 Å². The maximum atomic E-state index is 2.77. The largest absolute Gasteiger partial charge is 0.306 e. The van der Waals surface area contributed by atoms with Gasteiger partial charge in [-0.2, -0.15) is 0 Å². The fourth-order valence-electron chi connectivity index (χ4n) is 5.66. The lowest BCUT2D eigenvalue weighted by atomic mass is 9.72. The molecular weight excluding hydrogens is 284 g/mol. The summed E-state index contributed by atoms with van der Waals surface area (Å²) in [4.78, 5) is 10.5. The molecule has 0 aliphatic carbocycles. The quantitative estimate of drug-likeness (QED) is 0.774. The Labute approximate surface area is 142 Å². The van der Waals surface area contributed by atoms with E-state index in [4.69, 9.17) is 0 Å². The van der Waals surface area contributed by atoms with Gasteiger partial charge in [0, 0.05) is 44.7 Å². The molecule has 0 saturated carbocycles. The van der Waals surface area contributed by atoms with Crippen molar-refractivity contribution in [3.63, 3.8) is 0 Å². The smallest absolute Gasteiger partial charge is 0.0212 e. The van der Waals surface area contributed by atoms with E-state index in [1.807, 2.05) is 0 Å². The molecule has 132 valence electrons. The Kier molecular flexibility index (Phi) is 4.70. The molecular formula is C19H36N4. The van der Waals surface area contributed by atoms with Gasteiger partial charge in [-0.05, 0) is 77.8 Å². The molecule has 1 spiro atoms. The summed E-state index contributed by atoms with van der Waals surface area (Å²) in [6.07, 6.45) is 5.72. The normalized spacial score (nSPS) is 32.1. The second-order valence-electron chi connectivity index (χ2n) is 9.33. The van der Waals surface area contributed by atoms with E-state index in [0.29, 0.717) is 5.41 Å². The zero-order chi connectivity index (χ0) is 15.9. The Balaban J connectivity index is 1.12. The van der Waals surface area contributed by atoms with Crippen LogP contribution in [0.3, 0.4) is 0 Å². The van der Waals surface area contributed by atoms with Crippen LogP contribution in [0, 0.1) is 17.3 Å². The van der Waals surface area contributed by atoms with E-state index in [-0.39, 0.29) is 0 Å². The van der Waals surface area contributed by atoms with Gasteiger partial charge in [-0.25, -0.2) is 0 Å². The van der Waals surface area contributed by atoms with Gasteiger partial charge < -0.3 is 19.6 Å². The first-order chi connectivity index (χ1) is 11.1. The molecule has 4 aliphatic heterocycles. The molecule has 0 bridgehead atoms. The van der Waals surface area contributed by atoms with Crippen LogP contribution >= 0.6 is 0 Å². The van der Waals surface area contributed by atoms with E-state index >= 15 is 0 Å². The molecule has 0 amide bonds. The van der Waals surface area contributed by atoms with Gasteiger partial charge >= 0.3 is 0 Å². The predicted octanol–water partition coefficient (Wildman–Crippen LogP) is 1.29. The summed E-state index contributed by atoms with van der Waals surface area (Å²) in [6.45, 7) is 13.6. The number of piperidine rings is 2. The fraction of sp³-hybridized carbons (Fsp3) is 1.00. The van der Waals surface area contributed by atoms with Crippen molar-refractivity contribution in [1.82, 2.24) is 19.6 Å². The number of hydrogen-bond donors (Lipinski definition) is 0. The third kappa shape index (κ3) is 3.76. The van der Waals surface area contributed by atoms with Crippen LogP contribution in [0.25, 0.3) is 0 Å². The molecule has 0 unspecified atom stereocenters. The van der Waals surface area contributed by atoms with Gasteiger partial charge in [0.15, 0.2) is 0 Å². The fourth-order valence-corrected chi connectivity index (χ4v) is 5.66. The Hall–Kier alpha value is -0.160. The van der Waals surface area contributed by atoms with E-state index in [0.717, 1.165) is 11.8 Å². The van der Waals surface area contributed by atoms with Crippen molar-refractivity contribution in [3.05, 3.63) is 0 Å². The molecule has 0 radical (unpaired) electrons. The number of rotatable bonds is 4. The maximum Gasteiger partial charge on any atom is 0.0212 e. The van der Waals surface area contributed by atoms with Crippen LogP contribution < -0.4 is 0 Å². The molecule has 4 heterocycles. The molecule has 0 atom stereocenters. The summed E-state index contributed by atoms with van der Waals surface area (Å²) < 4.78 is 0. The van der Waals surface area contributed by atoms with Crippen molar-refractivity contribution < 1.29 is 0 Å². The zero-order valence-electron chi connectivity index (χ0n) is 15.3. The Bertz CT molecular complexity index is 382. The monoisotopic (exact) mass is 320 g/mol. The minimum absolute atomic E-state index is 0.712. The van der Waals surface area contributed by atoms with Crippen LogP contribution in [0.15, 0.2) is 0 Å². The van der Waals surface area contributed by atoms with Crippen molar-refractivity contribution in [2.24, 2.45) is 17.3 Å². The van der Waals surface area contributed by atoms with E-state index in [1.54, 1.807) is 0 Å². The molecule has 4 rings (SSSR count). The summed E-state index contributed by atoms with van der Waals surface area (Å²) in [7, 11) is 4.53. The third-order valence-electron chi connectivity index (χ3n) is 6.91. The third-order valence-corrected chi connectivity index (χ3v) is 6.91. The molecule has 4 aliphatic rings. The molecule has 0 N–H and O–H groups in total. The number of nitrogens with zero attached hydrogens (tertiary/aromatic N) is 4. The van der Waals surface area contributed by atoms with Crippen LogP contribution in [0.4, 0.5) is 0 Å². The summed E-state index contributed by atoms with van der Waals surface area (Å²) >= 11 is 0. The summed E-state index contributed by atoms with van der Waals surface area (Å²) in [5.41, 5.74) is 0.712. The van der Waals surface area contributed by atoms with Gasteiger partial charge in [-0.3, -0.25) is 0 Å². The van der Waals surface area contributed by atoms with E-state index in [1.165, 1.54) is 91.1 Å². The minimum atomic E-state index is 0.712. The first kappa shape index (κ1) is 16.3. The Morgan fingerprint density at radius 1 is 0.652 bits per heavy atom. The van der Waals surface area contributed by atoms with Crippen molar-refractivity contribution in [1.29, 1.82) is 0 Å². The predicted molar refractivity (Wildman–Crippen MR) is 95.8 cm³/mol. The van der Waals surface area contributed by atoms with Gasteiger partial charge in [0.1, 0.15) is 0 Å². The molecule has 0 aromatic carbocycles. The summed E-state index contributed by atoms with van der Waals surface area (Å²) in [5.74, 6) is 1.94. The molecule has 4 heteroatoms. The lowest BCUT2D eigenvalue weighted by Gasteiger charge is -2.60. The van der Waals surface area contributed by atoms with Crippen molar-refractivity contribution in [3.8, 4) is 0 Å². The highest BCUT2D eigenvalue weighted by Gasteiger charge is 2.50. The average molecular weight is 321 g/mol. The second-order valence-corrected chi connectivity index (χ2v) is 9.33. The minimum Gasteiger partial charge on any atom is -0.306 e. The van der Waals surface area contributed by atoms with Crippen molar-refractivity contribution in [2.75, 3.05) is 79.5 Å². The van der Waals surface area contributed by atoms with E-state index < -0.39 is 0 Å². The Morgan fingerprint density at radius 2 is 1.17 bits per heavy atom. The van der Waals surface area contributed by atoms with Crippen LogP contribution in [0.5, 0.6) is 0 Å². The first-order valence-electron chi connectivity index (χ1n) is 9.92. The molecule has 0 aromatic rings. The first-order valence-corrected chi connectivity index (χ1v) is 9.92.